The summed E-state index contributed by atoms with van der Waals surface area (Å²) in [4.78, 5) is 12.8. The van der Waals surface area contributed by atoms with Crippen LogP contribution in [-0.2, 0) is 24.8 Å². The maximum atomic E-state index is 12.8. The van der Waals surface area contributed by atoms with Crippen LogP contribution in [0.15, 0.2) is 0 Å². The molecule has 1 aromatic carbocycles. The molecule has 0 bridgehead atoms. The van der Waals surface area contributed by atoms with E-state index in [-0.39, 0.29) is 31.2 Å². The maximum absolute atomic E-state index is 12.8. The van der Waals surface area contributed by atoms with Gasteiger partial charge in [0.1, 0.15) is 17.8 Å². The number of amides is 1. The summed E-state index contributed by atoms with van der Waals surface area (Å²) in [5.74, 6) is 0.553. The molecule has 0 aliphatic carbocycles. The number of benzene rings is 1. The molecule has 1 heterocycles. The number of ether oxygens (including phenoxy) is 1. The van der Waals surface area contributed by atoms with Crippen LogP contribution in [0.2, 0.25) is 0 Å². The van der Waals surface area contributed by atoms with Crippen LogP contribution in [0.4, 0.5) is 0 Å². The molecule has 0 saturated carbocycles. The molecule has 7 nitrogen and oxygen atoms in total. The zero-order valence-corrected chi connectivity index (χ0v) is 17.9. The smallest absolute Gasteiger partial charge is 0.349 e. The lowest BCUT2D eigenvalue weighted by Crippen LogP contribution is -2.51. The Morgan fingerprint density at radius 3 is 2.33 bits per heavy atom. The average Bonchev–Trinajstić information content (AvgIpc) is 2.63. The van der Waals surface area contributed by atoms with Crippen molar-refractivity contribution in [2.24, 2.45) is 0 Å². The highest BCUT2D eigenvalue weighted by molar-refractivity contribution is 7.53. The standard InChI is InChI=1S/C19H30NO6P/c1-7-24-27(23,25-8-2)11-20-18(22)19(6)10-9-15-14(5)16(21)12(3)13(4)17(15)26-19/h21H,7-11H2,1-6H3,(H,20,22). The van der Waals surface area contributed by atoms with Crippen LogP contribution in [0.5, 0.6) is 11.5 Å². The summed E-state index contributed by atoms with van der Waals surface area (Å²) in [5, 5.41) is 12.9. The second kappa shape index (κ2) is 8.21. The summed E-state index contributed by atoms with van der Waals surface area (Å²) < 4.78 is 29.1. The van der Waals surface area contributed by atoms with Gasteiger partial charge in [-0.25, -0.2) is 0 Å². The second-order valence-electron chi connectivity index (χ2n) is 6.97. The van der Waals surface area contributed by atoms with E-state index in [0.717, 1.165) is 22.3 Å². The van der Waals surface area contributed by atoms with Crippen molar-refractivity contribution in [1.82, 2.24) is 5.32 Å². The van der Waals surface area contributed by atoms with Crippen molar-refractivity contribution in [1.29, 1.82) is 0 Å². The summed E-state index contributed by atoms with van der Waals surface area (Å²) >= 11 is 0. The second-order valence-corrected chi connectivity index (χ2v) is 9.03. The van der Waals surface area contributed by atoms with Gasteiger partial charge in [0, 0.05) is 12.0 Å². The SMILES string of the molecule is CCOP(=O)(CNC(=O)C1(C)CCc2c(C)c(O)c(C)c(C)c2O1)OCC. The number of phenols is 1. The molecule has 0 spiro atoms. The van der Waals surface area contributed by atoms with Gasteiger partial charge in [0.05, 0.1) is 13.2 Å². The molecular formula is C19H30NO6P. The molecule has 0 radical (unpaired) electrons. The van der Waals surface area contributed by atoms with E-state index < -0.39 is 13.2 Å². The van der Waals surface area contributed by atoms with Crippen molar-refractivity contribution in [3.63, 3.8) is 0 Å². The molecule has 2 rings (SSSR count). The summed E-state index contributed by atoms with van der Waals surface area (Å²) in [6, 6.07) is 0. The Hall–Kier alpha value is -1.56. The fourth-order valence-electron chi connectivity index (χ4n) is 3.29. The van der Waals surface area contributed by atoms with E-state index >= 15 is 0 Å². The van der Waals surface area contributed by atoms with Crippen LogP contribution in [0, 0.1) is 20.8 Å². The van der Waals surface area contributed by atoms with Gasteiger partial charge in [-0.15, -0.1) is 0 Å². The highest BCUT2D eigenvalue weighted by atomic mass is 31.2. The largest absolute Gasteiger partial charge is 0.507 e. The highest BCUT2D eigenvalue weighted by Gasteiger charge is 2.41. The van der Waals surface area contributed by atoms with Crippen LogP contribution in [0.1, 0.15) is 49.4 Å². The van der Waals surface area contributed by atoms with Gasteiger partial charge in [-0.1, -0.05) is 0 Å². The minimum atomic E-state index is -3.37. The number of hydrogen-bond acceptors (Lipinski definition) is 6. The zero-order valence-electron chi connectivity index (χ0n) is 17.0. The monoisotopic (exact) mass is 399 g/mol. The Bertz CT molecular complexity index is 768. The summed E-state index contributed by atoms with van der Waals surface area (Å²) in [6.45, 7) is 11.2. The molecule has 8 heteroatoms. The molecule has 1 unspecified atom stereocenters. The van der Waals surface area contributed by atoms with Gasteiger partial charge in [-0.2, -0.15) is 0 Å². The van der Waals surface area contributed by atoms with E-state index in [2.05, 4.69) is 5.32 Å². The molecule has 152 valence electrons. The van der Waals surface area contributed by atoms with Crippen LogP contribution < -0.4 is 10.1 Å². The van der Waals surface area contributed by atoms with Gasteiger partial charge in [-0.3, -0.25) is 9.36 Å². The molecule has 1 aliphatic heterocycles. The summed E-state index contributed by atoms with van der Waals surface area (Å²) in [5.41, 5.74) is 2.17. The van der Waals surface area contributed by atoms with E-state index in [9.17, 15) is 14.5 Å². The van der Waals surface area contributed by atoms with Crippen LogP contribution in [-0.4, -0.2) is 36.1 Å². The first kappa shape index (κ1) is 21.7. The molecule has 27 heavy (non-hydrogen) atoms. The minimum Gasteiger partial charge on any atom is -0.507 e. The molecule has 0 aromatic heterocycles. The number of aromatic hydroxyl groups is 1. The maximum Gasteiger partial charge on any atom is 0.349 e. The Balaban J connectivity index is 2.21. The van der Waals surface area contributed by atoms with Gasteiger partial charge in [0.25, 0.3) is 5.91 Å². The Morgan fingerprint density at radius 2 is 1.78 bits per heavy atom. The molecule has 0 fully saturated rings. The first-order valence-corrected chi connectivity index (χ1v) is 11.0. The van der Waals surface area contributed by atoms with Crippen LogP contribution in [0.3, 0.4) is 0 Å². The molecule has 1 amide bonds. The molecular weight excluding hydrogens is 369 g/mol. The lowest BCUT2D eigenvalue weighted by molar-refractivity contribution is -0.136. The van der Waals surface area contributed by atoms with Crippen molar-refractivity contribution in [2.45, 2.75) is 60.0 Å². The van der Waals surface area contributed by atoms with Gasteiger partial charge in [0.15, 0.2) is 5.60 Å². The van der Waals surface area contributed by atoms with Gasteiger partial charge in [0.2, 0.25) is 0 Å². The molecule has 1 aliphatic rings. The van der Waals surface area contributed by atoms with Gasteiger partial charge < -0.3 is 24.2 Å². The highest BCUT2D eigenvalue weighted by Crippen LogP contribution is 2.47. The fourth-order valence-corrected chi connectivity index (χ4v) is 4.67. The zero-order chi connectivity index (χ0) is 20.4. The number of phenolic OH excluding ortho intramolecular Hbond substituents is 1. The van der Waals surface area contributed by atoms with Crippen molar-refractivity contribution < 1.29 is 28.3 Å². The van der Waals surface area contributed by atoms with Crippen molar-refractivity contribution in [2.75, 3.05) is 19.5 Å². The number of carbonyl (C=O) groups excluding carboxylic acids is 1. The lowest BCUT2D eigenvalue weighted by atomic mass is 9.87. The minimum absolute atomic E-state index is 0.202. The molecule has 2 N–H and O–H groups in total. The normalized spacial score (nSPS) is 19.3. The Labute approximate surface area is 160 Å². The average molecular weight is 399 g/mol. The Morgan fingerprint density at radius 1 is 1.19 bits per heavy atom. The van der Waals surface area contributed by atoms with E-state index in [1.54, 1.807) is 20.8 Å². The number of fused-ring (bicyclic) bond motifs is 1. The molecule has 1 atom stereocenters. The molecule has 0 saturated heterocycles. The topological polar surface area (TPSA) is 94.1 Å². The Kier molecular flexibility index (Phi) is 6.61. The fraction of sp³-hybridized carbons (Fsp3) is 0.632. The van der Waals surface area contributed by atoms with E-state index in [4.69, 9.17) is 13.8 Å². The number of hydrogen-bond donors (Lipinski definition) is 2. The van der Waals surface area contributed by atoms with Crippen LogP contribution in [0.25, 0.3) is 0 Å². The van der Waals surface area contributed by atoms with Gasteiger partial charge >= 0.3 is 7.60 Å². The first-order valence-electron chi connectivity index (χ1n) is 9.25. The number of nitrogens with one attached hydrogen (secondary N) is 1. The predicted molar refractivity (Wildman–Crippen MR) is 104 cm³/mol. The van der Waals surface area contributed by atoms with Gasteiger partial charge in [-0.05, 0) is 64.7 Å². The summed E-state index contributed by atoms with van der Waals surface area (Å²) in [7, 11) is -3.37. The summed E-state index contributed by atoms with van der Waals surface area (Å²) in [6.07, 6.45) is 0.850. The predicted octanol–water partition coefficient (Wildman–Crippen LogP) is 3.74. The van der Waals surface area contributed by atoms with Crippen molar-refractivity contribution >= 4 is 13.5 Å². The lowest BCUT2D eigenvalue weighted by Gasteiger charge is -2.36. The third kappa shape index (κ3) is 4.31. The quantitative estimate of drug-likeness (QED) is 0.679. The van der Waals surface area contributed by atoms with E-state index in [1.807, 2.05) is 20.8 Å². The van der Waals surface area contributed by atoms with E-state index in [1.165, 1.54) is 0 Å². The van der Waals surface area contributed by atoms with Crippen LogP contribution >= 0.6 is 7.60 Å². The number of carbonyl (C=O) groups is 1. The number of rotatable bonds is 7. The van der Waals surface area contributed by atoms with E-state index in [0.29, 0.717) is 18.6 Å². The van der Waals surface area contributed by atoms with Crippen molar-refractivity contribution in [3.05, 3.63) is 22.3 Å². The first-order chi connectivity index (χ1) is 12.6. The molecule has 1 aromatic rings. The van der Waals surface area contributed by atoms with Crippen molar-refractivity contribution in [3.8, 4) is 11.5 Å². The third-order valence-corrected chi connectivity index (χ3v) is 6.93. The third-order valence-electron chi connectivity index (χ3n) is 5.08.